The fourth-order valence-corrected chi connectivity index (χ4v) is 2.14. The summed E-state index contributed by atoms with van der Waals surface area (Å²) in [4.78, 5) is 2.44. The van der Waals surface area contributed by atoms with E-state index in [-0.39, 0.29) is 0 Å². The first-order chi connectivity index (χ1) is 5.36. The molecule has 2 nitrogen and oxygen atoms in total. The van der Waals surface area contributed by atoms with E-state index in [1.165, 1.54) is 38.9 Å². The van der Waals surface area contributed by atoms with E-state index >= 15 is 0 Å². The maximum atomic E-state index is 3.51. The quantitative estimate of drug-likeness (QED) is 0.598. The molecule has 0 aliphatic carbocycles. The second kappa shape index (κ2) is 3.11. The highest BCUT2D eigenvalue weighted by Gasteiger charge is 2.28. The van der Waals surface area contributed by atoms with Crippen LogP contribution in [0.2, 0.25) is 0 Å². The number of piperidine rings is 1. The Morgan fingerprint density at radius 2 is 1.82 bits per heavy atom. The van der Waals surface area contributed by atoms with Crippen LogP contribution in [0.5, 0.6) is 0 Å². The van der Waals surface area contributed by atoms with Gasteiger partial charge in [0, 0.05) is 6.04 Å². The van der Waals surface area contributed by atoms with Gasteiger partial charge in [-0.05, 0) is 51.9 Å². The molecule has 2 saturated heterocycles. The van der Waals surface area contributed by atoms with Gasteiger partial charge in [0.1, 0.15) is 0 Å². The highest BCUT2D eigenvalue weighted by molar-refractivity contribution is 4.87. The third kappa shape index (κ3) is 1.57. The Bertz CT molecular complexity index is 124. The van der Waals surface area contributed by atoms with Crippen LogP contribution in [0.4, 0.5) is 0 Å². The molecule has 0 amide bonds. The van der Waals surface area contributed by atoms with Gasteiger partial charge in [-0.25, -0.2) is 0 Å². The lowest BCUT2D eigenvalue weighted by atomic mass is 9.84. The molecule has 2 aliphatic heterocycles. The molecular weight excluding hydrogens is 136 g/mol. The van der Waals surface area contributed by atoms with E-state index in [9.17, 15) is 0 Å². The van der Waals surface area contributed by atoms with Crippen LogP contribution in [-0.2, 0) is 0 Å². The highest BCUT2D eigenvalue weighted by Crippen LogP contribution is 2.24. The second-order valence-electron chi connectivity index (χ2n) is 3.99. The van der Waals surface area contributed by atoms with Crippen LogP contribution in [0.3, 0.4) is 0 Å². The summed E-state index contributed by atoms with van der Waals surface area (Å²) in [6.07, 6.45) is 4.25. The van der Waals surface area contributed by atoms with Gasteiger partial charge in [0.05, 0.1) is 0 Å². The minimum Gasteiger partial charge on any atom is -0.314 e. The van der Waals surface area contributed by atoms with Crippen molar-refractivity contribution in [2.75, 3.05) is 26.7 Å². The average Bonchev–Trinajstić information content (AvgIpc) is 1.90. The number of nitrogens with one attached hydrogen (secondary N) is 1. The minimum atomic E-state index is 0.878. The minimum absolute atomic E-state index is 0.878. The Kier molecular flexibility index (Phi) is 2.14. The molecule has 0 aromatic carbocycles. The predicted octanol–water partition coefficient (Wildman–Crippen LogP) is 0.690. The topological polar surface area (TPSA) is 15.3 Å². The zero-order valence-corrected chi connectivity index (χ0v) is 7.34. The van der Waals surface area contributed by atoms with Crippen LogP contribution in [0, 0.1) is 5.92 Å². The Balaban J connectivity index is 1.77. The maximum Gasteiger partial charge on any atom is 0.0108 e. The molecule has 2 aliphatic rings. The molecule has 1 unspecified atom stereocenters. The molecule has 11 heavy (non-hydrogen) atoms. The predicted molar refractivity (Wildman–Crippen MR) is 46.6 cm³/mol. The summed E-state index contributed by atoms with van der Waals surface area (Å²) in [5.74, 6) is 0.986. The summed E-state index contributed by atoms with van der Waals surface area (Å²) in [6.45, 7) is 3.88. The summed E-state index contributed by atoms with van der Waals surface area (Å²) in [7, 11) is 2.23. The lowest BCUT2D eigenvalue weighted by Crippen LogP contribution is -2.50. The van der Waals surface area contributed by atoms with E-state index in [0.717, 1.165) is 12.0 Å². The summed E-state index contributed by atoms with van der Waals surface area (Å²) >= 11 is 0. The molecule has 2 heterocycles. The van der Waals surface area contributed by atoms with Gasteiger partial charge in [0.25, 0.3) is 0 Å². The van der Waals surface area contributed by atoms with Crippen molar-refractivity contribution in [2.45, 2.75) is 25.3 Å². The number of likely N-dealkylation sites (tertiary alicyclic amines) is 1. The fourth-order valence-electron chi connectivity index (χ4n) is 2.14. The molecule has 0 saturated carbocycles. The molecule has 0 aromatic rings. The van der Waals surface area contributed by atoms with Crippen molar-refractivity contribution in [1.29, 1.82) is 0 Å². The molecule has 0 radical (unpaired) electrons. The van der Waals surface area contributed by atoms with Crippen LogP contribution in [-0.4, -0.2) is 37.6 Å². The zero-order chi connectivity index (χ0) is 7.68. The normalized spacial score (nSPS) is 35.2. The van der Waals surface area contributed by atoms with E-state index in [2.05, 4.69) is 17.3 Å². The lowest BCUT2D eigenvalue weighted by molar-refractivity contribution is 0.153. The third-order valence-electron chi connectivity index (χ3n) is 3.19. The first kappa shape index (κ1) is 7.56. The Morgan fingerprint density at radius 3 is 2.27 bits per heavy atom. The highest BCUT2D eigenvalue weighted by atomic mass is 15.1. The summed E-state index contributed by atoms with van der Waals surface area (Å²) in [5.41, 5.74) is 0. The van der Waals surface area contributed by atoms with Crippen LogP contribution in [0.15, 0.2) is 0 Å². The SMILES string of the molecule is CN1CCC(C2CCN2)CC1. The van der Waals surface area contributed by atoms with Crippen molar-refractivity contribution in [2.24, 2.45) is 5.92 Å². The molecule has 1 N–H and O–H groups in total. The monoisotopic (exact) mass is 154 g/mol. The van der Waals surface area contributed by atoms with Crippen LogP contribution >= 0.6 is 0 Å². The van der Waals surface area contributed by atoms with Crippen molar-refractivity contribution in [3.8, 4) is 0 Å². The van der Waals surface area contributed by atoms with E-state index < -0.39 is 0 Å². The van der Waals surface area contributed by atoms with E-state index in [1.54, 1.807) is 0 Å². The van der Waals surface area contributed by atoms with Gasteiger partial charge in [-0.3, -0.25) is 0 Å². The summed E-state index contributed by atoms with van der Waals surface area (Å²) in [6, 6.07) is 0.878. The summed E-state index contributed by atoms with van der Waals surface area (Å²) < 4.78 is 0. The van der Waals surface area contributed by atoms with Gasteiger partial charge < -0.3 is 10.2 Å². The van der Waals surface area contributed by atoms with Crippen molar-refractivity contribution in [3.63, 3.8) is 0 Å². The van der Waals surface area contributed by atoms with Crippen molar-refractivity contribution in [1.82, 2.24) is 10.2 Å². The van der Waals surface area contributed by atoms with Crippen LogP contribution in [0.25, 0.3) is 0 Å². The molecule has 2 fully saturated rings. The molecule has 0 aromatic heterocycles. The summed E-state index contributed by atoms with van der Waals surface area (Å²) in [5, 5.41) is 3.51. The first-order valence-electron chi connectivity index (χ1n) is 4.78. The lowest BCUT2D eigenvalue weighted by Gasteiger charge is -2.39. The Morgan fingerprint density at radius 1 is 1.18 bits per heavy atom. The fraction of sp³-hybridized carbons (Fsp3) is 1.00. The van der Waals surface area contributed by atoms with Crippen LogP contribution in [0.1, 0.15) is 19.3 Å². The number of hydrogen-bond donors (Lipinski definition) is 1. The number of nitrogens with zero attached hydrogens (tertiary/aromatic N) is 1. The van der Waals surface area contributed by atoms with E-state index in [0.29, 0.717) is 0 Å². The second-order valence-corrected chi connectivity index (χ2v) is 3.99. The van der Waals surface area contributed by atoms with Gasteiger partial charge in [0.15, 0.2) is 0 Å². The molecule has 0 spiro atoms. The Labute approximate surface area is 69.0 Å². The van der Waals surface area contributed by atoms with Crippen LogP contribution < -0.4 is 5.32 Å². The first-order valence-corrected chi connectivity index (χ1v) is 4.78. The van der Waals surface area contributed by atoms with Gasteiger partial charge in [-0.1, -0.05) is 0 Å². The van der Waals surface area contributed by atoms with Crippen molar-refractivity contribution >= 4 is 0 Å². The molecule has 0 bridgehead atoms. The molecular formula is C9H18N2. The van der Waals surface area contributed by atoms with Gasteiger partial charge in [0.2, 0.25) is 0 Å². The van der Waals surface area contributed by atoms with Crippen molar-refractivity contribution in [3.05, 3.63) is 0 Å². The Hall–Kier alpha value is -0.0800. The van der Waals surface area contributed by atoms with Gasteiger partial charge >= 0.3 is 0 Å². The standard InChI is InChI=1S/C9H18N2/c1-11-6-3-8(4-7-11)9-2-5-10-9/h8-10H,2-7H2,1H3. The molecule has 2 heteroatoms. The molecule has 2 rings (SSSR count). The number of hydrogen-bond acceptors (Lipinski definition) is 2. The average molecular weight is 154 g/mol. The zero-order valence-electron chi connectivity index (χ0n) is 7.34. The molecule has 1 atom stereocenters. The smallest absolute Gasteiger partial charge is 0.0108 e. The largest absolute Gasteiger partial charge is 0.314 e. The van der Waals surface area contributed by atoms with Gasteiger partial charge in [-0.2, -0.15) is 0 Å². The maximum absolute atomic E-state index is 3.51. The van der Waals surface area contributed by atoms with Gasteiger partial charge in [-0.15, -0.1) is 0 Å². The number of rotatable bonds is 1. The third-order valence-corrected chi connectivity index (χ3v) is 3.19. The van der Waals surface area contributed by atoms with E-state index in [1.807, 2.05) is 0 Å². The van der Waals surface area contributed by atoms with Crippen molar-refractivity contribution < 1.29 is 0 Å². The molecule has 64 valence electrons. The van der Waals surface area contributed by atoms with E-state index in [4.69, 9.17) is 0 Å².